The summed E-state index contributed by atoms with van der Waals surface area (Å²) < 4.78 is 0. The van der Waals surface area contributed by atoms with Crippen molar-refractivity contribution in [3.8, 4) is 0 Å². The zero-order chi connectivity index (χ0) is 9.35. The van der Waals surface area contributed by atoms with Gasteiger partial charge in [-0.05, 0) is 29.6 Å². The second kappa shape index (κ2) is 3.40. The van der Waals surface area contributed by atoms with E-state index in [0.29, 0.717) is 5.41 Å². The summed E-state index contributed by atoms with van der Waals surface area (Å²) in [6, 6.07) is 0. The van der Waals surface area contributed by atoms with Crippen molar-refractivity contribution in [2.45, 2.75) is 53.9 Å². The van der Waals surface area contributed by atoms with Crippen LogP contribution in [0.15, 0.2) is 0 Å². The highest BCUT2D eigenvalue weighted by molar-refractivity contribution is 4.96. The van der Waals surface area contributed by atoms with E-state index in [1.165, 1.54) is 19.3 Å². The third-order valence-electron chi connectivity index (χ3n) is 3.43. The van der Waals surface area contributed by atoms with Crippen LogP contribution >= 0.6 is 0 Å². The molecule has 0 amide bonds. The Bertz CT molecular complexity index is 141. The first-order chi connectivity index (χ1) is 5.46. The predicted molar refractivity (Wildman–Crippen MR) is 55.1 cm³/mol. The van der Waals surface area contributed by atoms with Crippen LogP contribution in [0.5, 0.6) is 0 Å². The van der Waals surface area contributed by atoms with Gasteiger partial charge in [0.2, 0.25) is 0 Å². The minimum Gasteiger partial charge on any atom is -0.0654 e. The summed E-state index contributed by atoms with van der Waals surface area (Å²) in [4.78, 5) is 0. The quantitative estimate of drug-likeness (QED) is 0.595. The largest absolute Gasteiger partial charge is 0.0654 e. The van der Waals surface area contributed by atoms with Gasteiger partial charge in [0.15, 0.2) is 0 Å². The Kier molecular flexibility index (Phi) is 2.85. The van der Waals surface area contributed by atoms with Crippen molar-refractivity contribution < 1.29 is 0 Å². The zero-order valence-electron chi connectivity index (χ0n) is 9.35. The second-order valence-electron chi connectivity index (χ2n) is 5.64. The summed E-state index contributed by atoms with van der Waals surface area (Å²) in [7, 11) is 0. The van der Waals surface area contributed by atoms with E-state index in [4.69, 9.17) is 0 Å². The highest BCUT2D eigenvalue weighted by atomic mass is 14.5. The van der Waals surface area contributed by atoms with Crippen LogP contribution in [0.25, 0.3) is 0 Å². The molecule has 0 heteroatoms. The molecular formula is C12H24. The van der Waals surface area contributed by atoms with Crippen molar-refractivity contribution in [2.24, 2.45) is 23.2 Å². The molecule has 0 saturated heterocycles. The highest BCUT2D eigenvalue weighted by Crippen LogP contribution is 2.54. The highest BCUT2D eigenvalue weighted by Gasteiger charge is 2.46. The Morgan fingerprint density at radius 2 is 1.92 bits per heavy atom. The molecule has 3 unspecified atom stereocenters. The lowest BCUT2D eigenvalue weighted by molar-refractivity contribution is 0.297. The van der Waals surface area contributed by atoms with Gasteiger partial charge in [0, 0.05) is 0 Å². The Morgan fingerprint density at radius 1 is 1.33 bits per heavy atom. The van der Waals surface area contributed by atoms with Gasteiger partial charge >= 0.3 is 0 Å². The van der Waals surface area contributed by atoms with Crippen LogP contribution in [-0.2, 0) is 0 Å². The van der Waals surface area contributed by atoms with Gasteiger partial charge in [-0.15, -0.1) is 0 Å². The lowest BCUT2D eigenvalue weighted by atomic mass is 9.86. The third kappa shape index (κ3) is 2.24. The van der Waals surface area contributed by atoms with Crippen molar-refractivity contribution in [1.29, 1.82) is 0 Å². The Labute approximate surface area is 77.7 Å². The average Bonchev–Trinajstić information content (AvgIpc) is 2.62. The van der Waals surface area contributed by atoms with Gasteiger partial charge in [0.05, 0.1) is 0 Å². The van der Waals surface area contributed by atoms with E-state index in [0.717, 1.165) is 17.8 Å². The van der Waals surface area contributed by atoms with Crippen molar-refractivity contribution in [3.05, 3.63) is 0 Å². The minimum absolute atomic E-state index is 0.562. The fraction of sp³-hybridized carbons (Fsp3) is 1.00. The van der Waals surface area contributed by atoms with Gasteiger partial charge < -0.3 is 0 Å². The molecule has 1 saturated carbocycles. The maximum Gasteiger partial charge on any atom is -0.0331 e. The van der Waals surface area contributed by atoms with Crippen molar-refractivity contribution in [2.75, 3.05) is 0 Å². The van der Waals surface area contributed by atoms with E-state index in [1.807, 2.05) is 0 Å². The lowest BCUT2D eigenvalue weighted by Gasteiger charge is -2.20. The van der Waals surface area contributed by atoms with Gasteiger partial charge in [-0.25, -0.2) is 0 Å². The van der Waals surface area contributed by atoms with Crippen molar-refractivity contribution >= 4 is 0 Å². The zero-order valence-corrected chi connectivity index (χ0v) is 9.35. The summed E-state index contributed by atoms with van der Waals surface area (Å²) in [5.41, 5.74) is 0.562. The molecule has 0 aromatic rings. The second-order valence-corrected chi connectivity index (χ2v) is 5.64. The van der Waals surface area contributed by atoms with Crippen LogP contribution in [0, 0.1) is 23.2 Å². The van der Waals surface area contributed by atoms with Crippen LogP contribution in [0.4, 0.5) is 0 Å². The molecule has 0 aromatic heterocycles. The van der Waals surface area contributed by atoms with E-state index in [1.54, 1.807) is 0 Å². The first-order valence-corrected chi connectivity index (χ1v) is 5.46. The van der Waals surface area contributed by atoms with Crippen LogP contribution in [0.1, 0.15) is 53.9 Å². The number of hydrogen-bond acceptors (Lipinski definition) is 0. The summed E-state index contributed by atoms with van der Waals surface area (Å²) in [6.45, 7) is 11.9. The van der Waals surface area contributed by atoms with E-state index >= 15 is 0 Å². The fourth-order valence-electron chi connectivity index (χ4n) is 2.51. The maximum atomic E-state index is 2.43. The first kappa shape index (κ1) is 10.1. The summed E-state index contributed by atoms with van der Waals surface area (Å²) in [5.74, 6) is 3.03. The van der Waals surface area contributed by atoms with E-state index in [9.17, 15) is 0 Å². The van der Waals surface area contributed by atoms with Gasteiger partial charge in [0.25, 0.3) is 0 Å². The molecule has 1 aliphatic rings. The maximum absolute atomic E-state index is 2.43. The van der Waals surface area contributed by atoms with Gasteiger partial charge in [-0.3, -0.25) is 0 Å². The van der Waals surface area contributed by atoms with Crippen molar-refractivity contribution in [1.82, 2.24) is 0 Å². The normalized spacial score (nSPS) is 31.8. The van der Waals surface area contributed by atoms with Crippen molar-refractivity contribution in [3.63, 3.8) is 0 Å². The molecule has 1 aliphatic carbocycles. The average molecular weight is 168 g/mol. The molecule has 3 atom stereocenters. The summed E-state index contributed by atoms with van der Waals surface area (Å²) in [6.07, 6.45) is 4.27. The minimum atomic E-state index is 0.562. The third-order valence-corrected chi connectivity index (χ3v) is 3.43. The molecule has 12 heavy (non-hydrogen) atoms. The molecule has 72 valence electrons. The molecule has 0 aliphatic heterocycles. The first-order valence-electron chi connectivity index (χ1n) is 5.46. The molecule has 1 rings (SSSR count). The van der Waals surface area contributed by atoms with E-state index < -0.39 is 0 Å². The summed E-state index contributed by atoms with van der Waals surface area (Å²) >= 11 is 0. The number of hydrogen-bond donors (Lipinski definition) is 0. The van der Waals surface area contributed by atoms with Crippen LogP contribution < -0.4 is 0 Å². The standard InChI is InChI=1S/C12H24/c1-6-7-9(2)10-8-11(10)12(3,4)5/h9-11H,6-8H2,1-5H3. The number of rotatable bonds is 3. The van der Waals surface area contributed by atoms with E-state index in [2.05, 4.69) is 34.6 Å². The molecule has 0 aromatic carbocycles. The Morgan fingerprint density at radius 3 is 2.25 bits per heavy atom. The molecule has 0 N–H and O–H groups in total. The predicted octanol–water partition coefficient (Wildman–Crippen LogP) is 4.10. The fourth-order valence-corrected chi connectivity index (χ4v) is 2.51. The molecule has 0 heterocycles. The molecule has 0 radical (unpaired) electrons. The van der Waals surface area contributed by atoms with Crippen LogP contribution in [0.3, 0.4) is 0 Å². The molecule has 0 spiro atoms. The van der Waals surface area contributed by atoms with E-state index in [-0.39, 0.29) is 0 Å². The summed E-state index contributed by atoms with van der Waals surface area (Å²) in [5, 5.41) is 0. The van der Waals surface area contributed by atoms with Crippen LogP contribution in [0.2, 0.25) is 0 Å². The molecular weight excluding hydrogens is 144 g/mol. The molecule has 0 nitrogen and oxygen atoms in total. The van der Waals surface area contributed by atoms with Gasteiger partial charge in [-0.2, -0.15) is 0 Å². The topological polar surface area (TPSA) is 0 Å². The van der Waals surface area contributed by atoms with Gasteiger partial charge in [-0.1, -0.05) is 47.5 Å². The monoisotopic (exact) mass is 168 g/mol. The van der Waals surface area contributed by atoms with Crippen LogP contribution in [-0.4, -0.2) is 0 Å². The van der Waals surface area contributed by atoms with Gasteiger partial charge in [0.1, 0.15) is 0 Å². The Hall–Kier alpha value is 0. The molecule has 0 bridgehead atoms. The smallest absolute Gasteiger partial charge is 0.0331 e. The lowest BCUT2D eigenvalue weighted by Crippen LogP contribution is -2.12. The SMILES string of the molecule is CCCC(C)C1CC1C(C)(C)C. The molecule has 1 fully saturated rings. The Balaban J connectivity index is 2.32.